The van der Waals surface area contributed by atoms with Crippen molar-refractivity contribution in [3.05, 3.63) is 69.5 Å². The molecule has 39 heavy (non-hydrogen) atoms. The van der Waals surface area contributed by atoms with Crippen LogP contribution in [0.5, 0.6) is 17.4 Å². The molecule has 11 heteroatoms. The number of fused-ring (bicyclic) bond motifs is 1. The van der Waals surface area contributed by atoms with E-state index in [-0.39, 0.29) is 17.3 Å². The fourth-order valence-electron chi connectivity index (χ4n) is 4.57. The van der Waals surface area contributed by atoms with Crippen LogP contribution in [0.15, 0.2) is 58.4 Å². The summed E-state index contributed by atoms with van der Waals surface area (Å²) in [5, 5.41) is 17.5. The van der Waals surface area contributed by atoms with Crippen molar-refractivity contribution in [3.8, 4) is 34.7 Å². The van der Waals surface area contributed by atoms with Crippen LogP contribution in [0.25, 0.3) is 11.3 Å². The zero-order valence-electron chi connectivity index (χ0n) is 21.4. The van der Waals surface area contributed by atoms with E-state index >= 15 is 0 Å². The Kier molecular flexibility index (Phi) is 8.05. The number of ether oxygens (including phenoxy) is 4. The van der Waals surface area contributed by atoms with E-state index in [1.165, 1.54) is 0 Å². The van der Waals surface area contributed by atoms with Gasteiger partial charge >= 0.3 is 6.09 Å². The quantitative estimate of drug-likeness (QED) is 0.362. The first kappa shape index (κ1) is 26.6. The number of aromatic amines is 1. The number of hydrogen-bond donors (Lipinski definition) is 2. The third-order valence-corrected chi connectivity index (χ3v) is 7.09. The monoisotopic (exact) mass is 593 g/mol. The Hall–Kier alpha value is -4.01. The summed E-state index contributed by atoms with van der Waals surface area (Å²) in [5.74, 6) is 0.552. The lowest BCUT2D eigenvalue weighted by atomic mass is 9.82. The molecule has 10 nitrogen and oxygen atoms in total. The van der Waals surface area contributed by atoms with Crippen LogP contribution in [0.4, 0.5) is 4.79 Å². The second-order valence-corrected chi connectivity index (χ2v) is 10.0. The second-order valence-electron chi connectivity index (χ2n) is 9.12. The van der Waals surface area contributed by atoms with Crippen molar-refractivity contribution in [1.29, 1.82) is 5.26 Å². The number of carbonyl (C=O) groups excluding carboxylic acids is 1. The number of nitrogens with two attached hydrogens (primary N) is 1. The molecule has 0 aliphatic carbocycles. The summed E-state index contributed by atoms with van der Waals surface area (Å²) in [5.41, 5.74) is 9.03. The Bertz CT molecular complexity index is 1420. The molecule has 5 rings (SSSR count). The van der Waals surface area contributed by atoms with Crippen LogP contribution in [0.3, 0.4) is 0 Å². The zero-order chi connectivity index (χ0) is 27.4. The summed E-state index contributed by atoms with van der Waals surface area (Å²) in [4.78, 5) is 14.6. The molecule has 0 saturated carbocycles. The molecule has 1 amide bonds. The SMILES string of the molecule is CCCCOc1ccc(-c2[nH]nc3c2C(c2cc(Br)ccc2OC(=O)N2CCOCC2)C(C#N)=C(N)O3)cc1. The molecule has 1 fully saturated rings. The van der Waals surface area contributed by atoms with E-state index in [4.69, 9.17) is 24.7 Å². The Morgan fingerprint density at radius 1 is 1.26 bits per heavy atom. The van der Waals surface area contributed by atoms with Gasteiger partial charge in [0, 0.05) is 28.7 Å². The number of hydrogen-bond acceptors (Lipinski definition) is 8. The smallest absolute Gasteiger partial charge is 0.415 e. The average molecular weight is 594 g/mol. The Labute approximate surface area is 234 Å². The minimum atomic E-state index is -0.710. The van der Waals surface area contributed by atoms with E-state index < -0.39 is 12.0 Å². The Morgan fingerprint density at radius 2 is 2.03 bits per heavy atom. The van der Waals surface area contributed by atoms with Crippen molar-refractivity contribution in [2.24, 2.45) is 5.73 Å². The number of unbranched alkanes of at least 4 members (excludes halogenated alkanes) is 1. The number of nitrogens with one attached hydrogen (secondary N) is 1. The van der Waals surface area contributed by atoms with Gasteiger partial charge in [-0.3, -0.25) is 5.10 Å². The van der Waals surface area contributed by atoms with Crippen molar-refractivity contribution in [2.75, 3.05) is 32.9 Å². The molecule has 1 saturated heterocycles. The van der Waals surface area contributed by atoms with Crippen molar-refractivity contribution in [3.63, 3.8) is 0 Å². The molecule has 0 spiro atoms. The molecule has 0 bridgehead atoms. The normalized spacial score (nSPS) is 16.7. The molecule has 1 aromatic heterocycles. The molecule has 3 heterocycles. The van der Waals surface area contributed by atoms with Gasteiger partial charge in [0.2, 0.25) is 11.8 Å². The van der Waals surface area contributed by atoms with Crippen LogP contribution in [-0.2, 0) is 4.74 Å². The molecule has 1 unspecified atom stereocenters. The molecule has 1 atom stereocenters. The zero-order valence-corrected chi connectivity index (χ0v) is 23.0. The first-order valence-corrected chi connectivity index (χ1v) is 13.5. The standard InChI is InChI=1S/C28H28BrN5O5/c1-2-3-12-37-19-7-4-17(5-8-19)25-24-23(21(16-30)26(31)39-27(24)33-32-25)20-15-18(29)6-9-22(20)38-28(35)34-10-13-36-14-11-34/h4-9,15,23H,2-3,10-14,31H2,1H3,(H,32,33). The van der Waals surface area contributed by atoms with Crippen LogP contribution in [0, 0.1) is 11.3 Å². The van der Waals surface area contributed by atoms with Gasteiger partial charge in [-0.25, -0.2) is 4.79 Å². The van der Waals surface area contributed by atoms with E-state index in [0.29, 0.717) is 55.5 Å². The van der Waals surface area contributed by atoms with Gasteiger partial charge in [0.1, 0.15) is 23.1 Å². The summed E-state index contributed by atoms with van der Waals surface area (Å²) in [6.45, 7) is 4.53. The van der Waals surface area contributed by atoms with E-state index in [9.17, 15) is 10.1 Å². The molecule has 2 aliphatic heterocycles. The number of nitrogens with zero attached hydrogens (tertiary/aromatic N) is 3. The highest BCUT2D eigenvalue weighted by molar-refractivity contribution is 9.10. The highest BCUT2D eigenvalue weighted by Gasteiger charge is 2.38. The van der Waals surface area contributed by atoms with Crippen molar-refractivity contribution in [1.82, 2.24) is 15.1 Å². The maximum absolute atomic E-state index is 13.0. The number of benzene rings is 2. The molecule has 0 radical (unpaired) electrons. The van der Waals surface area contributed by atoms with Crippen LogP contribution >= 0.6 is 15.9 Å². The Balaban J connectivity index is 1.55. The third-order valence-electron chi connectivity index (χ3n) is 6.60. The van der Waals surface area contributed by atoms with Gasteiger partial charge in [-0.15, -0.1) is 5.10 Å². The number of carbonyl (C=O) groups is 1. The summed E-state index contributed by atoms with van der Waals surface area (Å²) < 4.78 is 23.5. The molecule has 3 N–H and O–H groups in total. The number of aromatic nitrogens is 2. The molecular weight excluding hydrogens is 566 g/mol. The van der Waals surface area contributed by atoms with Crippen LogP contribution in [-0.4, -0.2) is 54.1 Å². The maximum Gasteiger partial charge on any atom is 0.415 e. The maximum atomic E-state index is 13.0. The third kappa shape index (κ3) is 5.57. The largest absolute Gasteiger partial charge is 0.494 e. The van der Waals surface area contributed by atoms with Gasteiger partial charge in [-0.05, 0) is 48.9 Å². The van der Waals surface area contributed by atoms with Gasteiger partial charge in [0.25, 0.3) is 0 Å². The number of morpholine rings is 1. The fraction of sp³-hybridized carbons (Fsp3) is 0.321. The predicted molar refractivity (Wildman–Crippen MR) is 146 cm³/mol. The minimum Gasteiger partial charge on any atom is -0.494 e. The number of amides is 1. The molecule has 2 aromatic carbocycles. The first-order chi connectivity index (χ1) is 19.0. The molecular formula is C28H28BrN5O5. The average Bonchev–Trinajstić information content (AvgIpc) is 3.37. The summed E-state index contributed by atoms with van der Waals surface area (Å²) >= 11 is 3.52. The van der Waals surface area contributed by atoms with E-state index in [2.05, 4.69) is 39.1 Å². The number of allylic oxidation sites excluding steroid dienone is 1. The minimum absolute atomic E-state index is 0.0573. The highest BCUT2D eigenvalue weighted by Crippen LogP contribution is 2.48. The molecule has 2 aliphatic rings. The van der Waals surface area contributed by atoms with Crippen molar-refractivity contribution >= 4 is 22.0 Å². The van der Waals surface area contributed by atoms with Gasteiger partial charge in [0.05, 0.1) is 37.0 Å². The van der Waals surface area contributed by atoms with E-state index in [1.807, 2.05) is 30.3 Å². The van der Waals surface area contributed by atoms with Crippen molar-refractivity contribution in [2.45, 2.75) is 25.7 Å². The van der Waals surface area contributed by atoms with Gasteiger partial charge in [-0.1, -0.05) is 29.3 Å². The summed E-state index contributed by atoms with van der Waals surface area (Å²) in [6.07, 6.45) is 1.54. The highest BCUT2D eigenvalue weighted by atomic mass is 79.9. The fourth-order valence-corrected chi connectivity index (χ4v) is 4.95. The number of H-pyrrole nitrogens is 1. The van der Waals surface area contributed by atoms with Gasteiger partial charge in [-0.2, -0.15) is 5.26 Å². The summed E-state index contributed by atoms with van der Waals surface area (Å²) in [7, 11) is 0. The molecule has 202 valence electrons. The first-order valence-electron chi connectivity index (χ1n) is 12.7. The van der Waals surface area contributed by atoms with E-state index in [1.54, 1.807) is 17.0 Å². The number of rotatable bonds is 7. The Morgan fingerprint density at radius 3 is 2.74 bits per heavy atom. The van der Waals surface area contributed by atoms with E-state index in [0.717, 1.165) is 28.6 Å². The van der Waals surface area contributed by atoms with Crippen molar-refractivity contribution < 1.29 is 23.7 Å². The lowest BCUT2D eigenvalue weighted by Gasteiger charge is -2.28. The number of nitriles is 1. The summed E-state index contributed by atoms with van der Waals surface area (Å²) in [6, 6.07) is 15.1. The van der Waals surface area contributed by atoms with Crippen LogP contribution in [0.2, 0.25) is 0 Å². The van der Waals surface area contributed by atoms with Gasteiger partial charge in [0.15, 0.2) is 0 Å². The lowest BCUT2D eigenvalue weighted by molar-refractivity contribution is 0.0415. The second kappa shape index (κ2) is 11.8. The predicted octanol–water partition coefficient (Wildman–Crippen LogP) is 5.07. The van der Waals surface area contributed by atoms with Crippen LogP contribution < -0.4 is 19.9 Å². The lowest BCUT2D eigenvalue weighted by Crippen LogP contribution is -2.42. The molecule has 3 aromatic rings. The topological polar surface area (TPSA) is 136 Å². The number of halogens is 1. The van der Waals surface area contributed by atoms with Crippen LogP contribution in [0.1, 0.15) is 36.8 Å². The van der Waals surface area contributed by atoms with Gasteiger partial charge < -0.3 is 29.6 Å².